The molecule has 2 rings (SSSR count). The normalized spacial score (nSPS) is 35.6. The summed E-state index contributed by atoms with van der Waals surface area (Å²) in [6.45, 7) is 8.99. The van der Waals surface area contributed by atoms with Crippen LogP contribution in [0.1, 0.15) is 39.5 Å². The highest BCUT2D eigenvalue weighted by atomic mass is 15.2. The van der Waals surface area contributed by atoms with Crippen LogP contribution in [0.5, 0.6) is 0 Å². The molecule has 0 spiro atoms. The summed E-state index contributed by atoms with van der Waals surface area (Å²) in [6, 6.07) is 0.803. The van der Waals surface area contributed by atoms with Crippen LogP contribution in [0, 0.1) is 5.92 Å². The van der Waals surface area contributed by atoms with E-state index in [0.29, 0.717) is 5.92 Å². The summed E-state index contributed by atoms with van der Waals surface area (Å²) in [7, 11) is 0. The number of nitrogens with zero attached hydrogens (tertiary/aromatic N) is 1. The number of piperidine rings is 1. The minimum absolute atomic E-state index is 0.232. The maximum Gasteiger partial charge on any atom is 0.0331 e. The van der Waals surface area contributed by atoms with Crippen molar-refractivity contribution in [1.82, 2.24) is 10.2 Å². The Hall–Kier alpha value is -0.120. The van der Waals surface area contributed by atoms with Gasteiger partial charge in [0.2, 0.25) is 0 Å². The second-order valence-corrected chi connectivity index (χ2v) is 6.05. The standard InChI is InChI=1S/C13H27N3/c1-11(2)9-15-13(10-14)5-7-16-6-3-4-12(16)8-13/h11-12,15H,3-10,14H2,1-2H3. The number of rotatable bonds is 4. The van der Waals surface area contributed by atoms with E-state index in [0.717, 1.165) is 19.1 Å². The van der Waals surface area contributed by atoms with Gasteiger partial charge in [0.25, 0.3) is 0 Å². The molecule has 94 valence electrons. The van der Waals surface area contributed by atoms with Crippen LogP contribution in [-0.4, -0.2) is 42.7 Å². The lowest BCUT2D eigenvalue weighted by molar-refractivity contribution is 0.108. The predicted octanol–water partition coefficient (Wildman–Crippen LogP) is 1.19. The second kappa shape index (κ2) is 5.03. The van der Waals surface area contributed by atoms with Crippen LogP contribution in [-0.2, 0) is 0 Å². The zero-order valence-corrected chi connectivity index (χ0v) is 10.8. The molecule has 2 unspecified atom stereocenters. The molecule has 0 aliphatic carbocycles. The maximum absolute atomic E-state index is 6.03. The Morgan fingerprint density at radius 2 is 2.25 bits per heavy atom. The SMILES string of the molecule is CC(C)CNC1(CN)CCN2CCCC2C1. The van der Waals surface area contributed by atoms with Gasteiger partial charge in [-0.15, -0.1) is 0 Å². The summed E-state index contributed by atoms with van der Waals surface area (Å²) in [5, 5.41) is 3.75. The van der Waals surface area contributed by atoms with Crippen molar-refractivity contribution in [3.05, 3.63) is 0 Å². The molecule has 2 heterocycles. The molecule has 2 aliphatic rings. The summed E-state index contributed by atoms with van der Waals surface area (Å²) in [4.78, 5) is 2.66. The smallest absolute Gasteiger partial charge is 0.0331 e. The molecule has 0 aromatic carbocycles. The van der Waals surface area contributed by atoms with E-state index in [9.17, 15) is 0 Å². The largest absolute Gasteiger partial charge is 0.329 e. The van der Waals surface area contributed by atoms with Crippen molar-refractivity contribution in [2.75, 3.05) is 26.2 Å². The average molecular weight is 225 g/mol. The monoisotopic (exact) mass is 225 g/mol. The van der Waals surface area contributed by atoms with Gasteiger partial charge in [-0.2, -0.15) is 0 Å². The molecule has 2 atom stereocenters. The van der Waals surface area contributed by atoms with Gasteiger partial charge in [0.1, 0.15) is 0 Å². The molecule has 3 N–H and O–H groups in total. The first-order valence-electron chi connectivity index (χ1n) is 6.84. The van der Waals surface area contributed by atoms with Gasteiger partial charge >= 0.3 is 0 Å². The zero-order chi connectivity index (χ0) is 11.6. The third-order valence-electron chi connectivity index (χ3n) is 4.28. The molecular formula is C13H27N3. The van der Waals surface area contributed by atoms with Gasteiger partial charge in [0.05, 0.1) is 0 Å². The van der Waals surface area contributed by atoms with Gasteiger partial charge in [-0.05, 0) is 44.7 Å². The summed E-state index contributed by atoms with van der Waals surface area (Å²) in [5.74, 6) is 0.713. The summed E-state index contributed by atoms with van der Waals surface area (Å²) in [6.07, 6.45) is 5.25. The van der Waals surface area contributed by atoms with E-state index in [-0.39, 0.29) is 5.54 Å². The topological polar surface area (TPSA) is 41.3 Å². The minimum atomic E-state index is 0.232. The van der Waals surface area contributed by atoms with Crippen LogP contribution in [0.4, 0.5) is 0 Å². The van der Waals surface area contributed by atoms with Crippen LogP contribution < -0.4 is 11.1 Å². The number of hydrogen-bond donors (Lipinski definition) is 2. The molecule has 2 fully saturated rings. The number of nitrogens with one attached hydrogen (secondary N) is 1. The molecule has 2 saturated heterocycles. The van der Waals surface area contributed by atoms with Crippen molar-refractivity contribution in [2.24, 2.45) is 11.7 Å². The first kappa shape index (κ1) is 12.3. The van der Waals surface area contributed by atoms with Gasteiger partial charge in [0.15, 0.2) is 0 Å². The molecule has 3 heteroatoms. The highest BCUT2D eigenvalue weighted by Gasteiger charge is 2.40. The van der Waals surface area contributed by atoms with E-state index in [1.807, 2.05) is 0 Å². The zero-order valence-electron chi connectivity index (χ0n) is 10.8. The first-order valence-corrected chi connectivity index (χ1v) is 6.84. The van der Waals surface area contributed by atoms with Gasteiger partial charge in [-0.1, -0.05) is 13.8 Å². The van der Waals surface area contributed by atoms with Crippen molar-refractivity contribution < 1.29 is 0 Å². The van der Waals surface area contributed by atoms with Gasteiger partial charge in [0, 0.05) is 24.7 Å². The van der Waals surface area contributed by atoms with Gasteiger partial charge in [-0.25, -0.2) is 0 Å². The lowest BCUT2D eigenvalue weighted by Crippen LogP contribution is -2.60. The summed E-state index contributed by atoms with van der Waals surface area (Å²) >= 11 is 0. The Morgan fingerprint density at radius 1 is 1.44 bits per heavy atom. The predicted molar refractivity (Wildman–Crippen MR) is 68.5 cm³/mol. The van der Waals surface area contributed by atoms with Gasteiger partial charge < -0.3 is 16.0 Å². The van der Waals surface area contributed by atoms with E-state index in [4.69, 9.17) is 5.73 Å². The first-order chi connectivity index (χ1) is 7.65. The third-order valence-corrected chi connectivity index (χ3v) is 4.28. The number of fused-ring (bicyclic) bond motifs is 1. The number of hydrogen-bond acceptors (Lipinski definition) is 3. The Balaban J connectivity index is 1.93. The van der Waals surface area contributed by atoms with Crippen molar-refractivity contribution in [2.45, 2.75) is 51.1 Å². The summed E-state index contributed by atoms with van der Waals surface area (Å²) in [5.41, 5.74) is 6.26. The molecule has 0 radical (unpaired) electrons. The highest BCUT2D eigenvalue weighted by molar-refractivity contribution is 5.00. The van der Waals surface area contributed by atoms with E-state index < -0.39 is 0 Å². The average Bonchev–Trinajstić information content (AvgIpc) is 2.73. The molecular weight excluding hydrogens is 198 g/mol. The van der Waals surface area contributed by atoms with Crippen LogP contribution in [0.3, 0.4) is 0 Å². The van der Waals surface area contributed by atoms with Crippen LogP contribution >= 0.6 is 0 Å². The Labute approximate surface area is 99.8 Å². The Morgan fingerprint density at radius 3 is 2.94 bits per heavy atom. The van der Waals surface area contributed by atoms with Gasteiger partial charge in [-0.3, -0.25) is 0 Å². The fourth-order valence-electron chi connectivity index (χ4n) is 3.17. The van der Waals surface area contributed by atoms with Crippen LogP contribution in [0.2, 0.25) is 0 Å². The third kappa shape index (κ3) is 2.58. The highest BCUT2D eigenvalue weighted by Crippen LogP contribution is 2.32. The summed E-state index contributed by atoms with van der Waals surface area (Å²) < 4.78 is 0. The van der Waals surface area contributed by atoms with Crippen molar-refractivity contribution >= 4 is 0 Å². The molecule has 2 aliphatic heterocycles. The van der Waals surface area contributed by atoms with Crippen LogP contribution in [0.15, 0.2) is 0 Å². The fraction of sp³-hybridized carbons (Fsp3) is 1.00. The number of nitrogens with two attached hydrogens (primary N) is 1. The van der Waals surface area contributed by atoms with Crippen molar-refractivity contribution in [1.29, 1.82) is 0 Å². The minimum Gasteiger partial charge on any atom is -0.329 e. The van der Waals surface area contributed by atoms with E-state index >= 15 is 0 Å². The molecule has 16 heavy (non-hydrogen) atoms. The molecule has 0 amide bonds. The molecule has 3 nitrogen and oxygen atoms in total. The Bertz CT molecular complexity index is 229. The molecule has 0 aromatic heterocycles. The molecule has 0 saturated carbocycles. The Kier molecular flexibility index (Phi) is 3.88. The second-order valence-electron chi connectivity index (χ2n) is 6.05. The van der Waals surface area contributed by atoms with E-state index in [1.54, 1.807) is 0 Å². The lowest BCUT2D eigenvalue weighted by atomic mass is 9.83. The van der Waals surface area contributed by atoms with Crippen molar-refractivity contribution in [3.63, 3.8) is 0 Å². The van der Waals surface area contributed by atoms with E-state index in [1.165, 1.54) is 38.8 Å². The van der Waals surface area contributed by atoms with Crippen molar-refractivity contribution in [3.8, 4) is 0 Å². The lowest BCUT2D eigenvalue weighted by Gasteiger charge is -2.44. The maximum atomic E-state index is 6.03. The molecule has 0 aromatic rings. The fourth-order valence-corrected chi connectivity index (χ4v) is 3.17. The van der Waals surface area contributed by atoms with Crippen LogP contribution in [0.25, 0.3) is 0 Å². The van der Waals surface area contributed by atoms with E-state index in [2.05, 4.69) is 24.1 Å². The quantitative estimate of drug-likeness (QED) is 0.755. The molecule has 0 bridgehead atoms.